The van der Waals surface area contributed by atoms with Gasteiger partial charge in [0.15, 0.2) is 6.10 Å². The second-order valence-electron chi connectivity index (χ2n) is 8.88. The molecule has 2 heterocycles. The molecule has 1 saturated heterocycles. The Balaban J connectivity index is 1.39. The van der Waals surface area contributed by atoms with Crippen LogP contribution in [-0.2, 0) is 20.6 Å². The summed E-state index contributed by atoms with van der Waals surface area (Å²) in [6.45, 7) is 1.20. The first kappa shape index (κ1) is 23.9. The summed E-state index contributed by atoms with van der Waals surface area (Å²) in [5.41, 5.74) is 1.82. The number of fused-ring (bicyclic) bond motifs is 1. The Morgan fingerprint density at radius 3 is 2.33 bits per heavy atom. The molecule has 2 aliphatic rings. The largest absolute Gasteiger partial charge is 0.476 e. The third-order valence-electron chi connectivity index (χ3n) is 6.36. The Bertz CT molecular complexity index is 1370. The summed E-state index contributed by atoms with van der Waals surface area (Å²) in [6, 6.07) is 22.5. The number of carbonyl (C=O) groups is 2. The number of hydrogen-bond donors (Lipinski definition) is 1. The van der Waals surface area contributed by atoms with Gasteiger partial charge in [-0.1, -0.05) is 54.6 Å². The lowest BCUT2D eigenvalue weighted by Crippen LogP contribution is -2.49. The molecule has 0 radical (unpaired) electrons. The van der Waals surface area contributed by atoms with E-state index < -0.39 is 22.0 Å². The summed E-state index contributed by atoms with van der Waals surface area (Å²) >= 11 is 0. The molecule has 3 aromatic carbocycles. The van der Waals surface area contributed by atoms with E-state index in [1.165, 1.54) is 4.31 Å². The first-order valence-electron chi connectivity index (χ1n) is 11.9. The minimum absolute atomic E-state index is 0.134. The van der Waals surface area contributed by atoms with Crippen LogP contribution in [0.3, 0.4) is 0 Å². The molecule has 0 aliphatic carbocycles. The first-order valence-corrected chi connectivity index (χ1v) is 13.5. The van der Waals surface area contributed by atoms with Crippen LogP contribution in [0.25, 0.3) is 0 Å². The van der Waals surface area contributed by atoms with E-state index in [-0.39, 0.29) is 18.2 Å². The van der Waals surface area contributed by atoms with Crippen molar-refractivity contribution in [3.8, 4) is 5.75 Å². The van der Waals surface area contributed by atoms with Crippen molar-refractivity contribution < 1.29 is 22.7 Å². The zero-order chi connectivity index (χ0) is 25.1. The average molecular weight is 506 g/mol. The molecular formula is C27H27N3O5S. The van der Waals surface area contributed by atoms with Crippen molar-refractivity contribution in [2.24, 2.45) is 0 Å². The Kier molecular flexibility index (Phi) is 6.65. The molecule has 186 valence electrons. The maximum atomic E-state index is 13.4. The van der Waals surface area contributed by atoms with Gasteiger partial charge in [-0.25, -0.2) is 8.42 Å². The number of hydrogen-bond acceptors (Lipinski definition) is 5. The number of sulfonamides is 1. The van der Waals surface area contributed by atoms with Gasteiger partial charge in [-0.15, -0.1) is 0 Å². The van der Waals surface area contributed by atoms with Gasteiger partial charge >= 0.3 is 0 Å². The number of para-hydroxylation sites is 3. The molecule has 36 heavy (non-hydrogen) atoms. The van der Waals surface area contributed by atoms with Crippen molar-refractivity contribution in [1.29, 1.82) is 0 Å². The van der Waals surface area contributed by atoms with Crippen molar-refractivity contribution in [1.82, 2.24) is 4.90 Å². The number of nitrogens with one attached hydrogen (secondary N) is 1. The zero-order valence-electron chi connectivity index (χ0n) is 19.7. The number of ether oxygens (including phenoxy) is 1. The number of likely N-dealkylation sites (tertiary alicyclic amines) is 1. The van der Waals surface area contributed by atoms with E-state index in [9.17, 15) is 18.0 Å². The number of anilines is 2. The molecule has 0 spiro atoms. The van der Waals surface area contributed by atoms with E-state index in [0.29, 0.717) is 41.3 Å². The average Bonchev–Trinajstić information content (AvgIpc) is 3.43. The monoisotopic (exact) mass is 505 g/mol. The van der Waals surface area contributed by atoms with Gasteiger partial charge in [-0.05, 0) is 42.7 Å². The molecule has 9 heteroatoms. The molecule has 1 fully saturated rings. The van der Waals surface area contributed by atoms with Gasteiger partial charge in [0.05, 0.1) is 29.2 Å². The van der Waals surface area contributed by atoms with E-state index in [4.69, 9.17) is 4.74 Å². The van der Waals surface area contributed by atoms with Gasteiger partial charge in [0.25, 0.3) is 11.8 Å². The molecule has 3 aromatic rings. The third kappa shape index (κ3) is 4.92. The maximum Gasteiger partial charge on any atom is 0.267 e. The van der Waals surface area contributed by atoms with E-state index in [1.54, 1.807) is 77.7 Å². The summed E-state index contributed by atoms with van der Waals surface area (Å²) < 4.78 is 34.0. The highest BCUT2D eigenvalue weighted by Crippen LogP contribution is 2.36. The van der Waals surface area contributed by atoms with Crippen LogP contribution in [0.15, 0.2) is 78.9 Å². The fourth-order valence-electron chi connectivity index (χ4n) is 4.55. The molecule has 8 nitrogen and oxygen atoms in total. The van der Waals surface area contributed by atoms with Gasteiger partial charge in [-0.3, -0.25) is 13.9 Å². The van der Waals surface area contributed by atoms with Gasteiger partial charge < -0.3 is 15.0 Å². The molecule has 2 amide bonds. The number of benzene rings is 3. The predicted octanol–water partition coefficient (Wildman–Crippen LogP) is 3.66. The first-order chi connectivity index (χ1) is 17.4. The fourth-order valence-corrected chi connectivity index (χ4v) is 6.13. The molecule has 0 bridgehead atoms. The normalized spacial score (nSPS) is 17.3. The Labute approximate surface area is 210 Å². The topological polar surface area (TPSA) is 96.0 Å². The van der Waals surface area contributed by atoms with Gasteiger partial charge in [0.1, 0.15) is 5.75 Å². The molecule has 2 aliphatic heterocycles. The SMILES string of the molecule is O=C(Nc1ccccc1C(=O)N1CCCC1)[C@@H]1CN(S(=O)(=O)Cc2ccccc2)c2ccccc2O1. The Hall–Kier alpha value is -3.85. The summed E-state index contributed by atoms with van der Waals surface area (Å²) in [5, 5.41) is 2.80. The van der Waals surface area contributed by atoms with Crippen LogP contribution in [0.2, 0.25) is 0 Å². The lowest BCUT2D eigenvalue weighted by atomic mass is 10.1. The Morgan fingerprint density at radius 2 is 1.56 bits per heavy atom. The van der Waals surface area contributed by atoms with Crippen LogP contribution >= 0.6 is 0 Å². The quantitative estimate of drug-likeness (QED) is 0.552. The van der Waals surface area contributed by atoms with Crippen LogP contribution in [-0.4, -0.2) is 50.9 Å². The molecular weight excluding hydrogens is 478 g/mol. The van der Waals surface area contributed by atoms with Crippen molar-refractivity contribution in [3.05, 3.63) is 90.0 Å². The van der Waals surface area contributed by atoms with Crippen molar-refractivity contribution in [2.45, 2.75) is 24.7 Å². The van der Waals surface area contributed by atoms with Gasteiger partial charge in [0, 0.05) is 13.1 Å². The zero-order valence-corrected chi connectivity index (χ0v) is 20.5. The van der Waals surface area contributed by atoms with Crippen LogP contribution in [0.5, 0.6) is 5.75 Å². The highest BCUT2D eigenvalue weighted by atomic mass is 32.2. The third-order valence-corrected chi connectivity index (χ3v) is 8.08. The molecule has 1 N–H and O–H groups in total. The van der Waals surface area contributed by atoms with Gasteiger partial charge in [-0.2, -0.15) is 0 Å². The highest BCUT2D eigenvalue weighted by molar-refractivity contribution is 7.92. The van der Waals surface area contributed by atoms with Crippen molar-refractivity contribution in [3.63, 3.8) is 0 Å². The fraction of sp³-hybridized carbons (Fsp3) is 0.259. The van der Waals surface area contributed by atoms with Gasteiger partial charge in [0.2, 0.25) is 10.0 Å². The minimum Gasteiger partial charge on any atom is -0.476 e. The van der Waals surface area contributed by atoms with Crippen molar-refractivity contribution >= 4 is 33.2 Å². The molecule has 0 unspecified atom stereocenters. The predicted molar refractivity (Wildman–Crippen MR) is 137 cm³/mol. The summed E-state index contributed by atoms with van der Waals surface area (Å²) in [6.07, 6.45) is 0.826. The number of nitrogens with zero attached hydrogens (tertiary/aromatic N) is 2. The van der Waals surface area contributed by atoms with E-state index in [0.717, 1.165) is 12.8 Å². The second-order valence-corrected chi connectivity index (χ2v) is 10.8. The lowest BCUT2D eigenvalue weighted by Gasteiger charge is -2.34. The Morgan fingerprint density at radius 1 is 0.889 bits per heavy atom. The summed E-state index contributed by atoms with van der Waals surface area (Å²) in [7, 11) is -3.81. The molecule has 0 aromatic heterocycles. The van der Waals surface area contributed by atoms with E-state index in [1.807, 2.05) is 6.07 Å². The van der Waals surface area contributed by atoms with Crippen molar-refractivity contribution in [2.75, 3.05) is 29.3 Å². The molecule has 1 atom stereocenters. The number of carbonyl (C=O) groups excluding carboxylic acids is 2. The summed E-state index contributed by atoms with van der Waals surface area (Å²) in [5.74, 6) is -0.553. The van der Waals surface area contributed by atoms with Crippen LogP contribution in [0.4, 0.5) is 11.4 Å². The minimum atomic E-state index is -3.81. The molecule has 5 rings (SSSR count). The van der Waals surface area contributed by atoms with Crippen LogP contribution in [0.1, 0.15) is 28.8 Å². The standard InChI is InChI=1S/C27H27N3O5S/c31-26(28-22-13-5-4-12-21(22)27(32)29-16-8-9-17-29)25-18-30(23-14-6-7-15-24(23)35-25)36(33,34)19-20-10-2-1-3-11-20/h1-7,10-15,25H,8-9,16-19H2,(H,28,31)/t25-/m0/s1. The maximum absolute atomic E-state index is 13.4. The summed E-state index contributed by atoms with van der Waals surface area (Å²) in [4.78, 5) is 28.1. The van der Waals surface area contributed by atoms with E-state index in [2.05, 4.69) is 5.32 Å². The number of rotatable bonds is 6. The highest BCUT2D eigenvalue weighted by Gasteiger charge is 2.37. The van der Waals surface area contributed by atoms with E-state index >= 15 is 0 Å². The van der Waals surface area contributed by atoms with Crippen LogP contribution in [0, 0.1) is 0 Å². The second kappa shape index (κ2) is 10.0. The smallest absolute Gasteiger partial charge is 0.267 e. The van der Waals surface area contributed by atoms with Crippen LogP contribution < -0.4 is 14.4 Å². The number of amides is 2. The lowest BCUT2D eigenvalue weighted by molar-refractivity contribution is -0.122. The molecule has 0 saturated carbocycles.